The highest BCUT2D eigenvalue weighted by atomic mass is 32.2. The van der Waals surface area contributed by atoms with Gasteiger partial charge in [0.05, 0.1) is 16.3 Å². The first-order chi connectivity index (χ1) is 14.3. The lowest BCUT2D eigenvalue weighted by molar-refractivity contribution is -0.113. The van der Waals surface area contributed by atoms with E-state index < -0.39 is 10.0 Å². The molecule has 0 aliphatic carbocycles. The quantitative estimate of drug-likeness (QED) is 0.444. The number of carbonyl (C=O) groups excluding carboxylic acids is 1. The molecule has 0 aliphatic heterocycles. The summed E-state index contributed by atoms with van der Waals surface area (Å²) in [6.45, 7) is 3.67. The van der Waals surface area contributed by atoms with E-state index in [1.165, 1.54) is 35.2 Å². The van der Waals surface area contributed by atoms with Crippen LogP contribution in [0.2, 0.25) is 0 Å². The van der Waals surface area contributed by atoms with Crippen molar-refractivity contribution in [1.29, 1.82) is 0 Å². The van der Waals surface area contributed by atoms with Crippen LogP contribution in [-0.4, -0.2) is 37.1 Å². The number of benzene rings is 2. The van der Waals surface area contributed by atoms with Crippen molar-refractivity contribution in [3.63, 3.8) is 0 Å². The highest BCUT2D eigenvalue weighted by molar-refractivity contribution is 7.99. The molecule has 9 heteroatoms. The van der Waals surface area contributed by atoms with E-state index in [4.69, 9.17) is 0 Å². The zero-order chi connectivity index (χ0) is 21.7. The van der Waals surface area contributed by atoms with Gasteiger partial charge in [-0.1, -0.05) is 36.0 Å². The Bertz CT molecular complexity index is 1130. The van der Waals surface area contributed by atoms with E-state index >= 15 is 0 Å². The third kappa shape index (κ3) is 5.37. The number of aromatic nitrogens is 2. The smallest absolute Gasteiger partial charge is 0.264 e. The van der Waals surface area contributed by atoms with Crippen LogP contribution in [0.3, 0.4) is 0 Å². The monoisotopic (exact) mass is 442 g/mol. The fraction of sp³-hybridized carbons (Fsp3) is 0.190. The SMILES string of the molecule is Cc1cc(SCC(=O)Nc2cccc(S(=O)(=O)N(C)c3ccccc3)c2)nc(C)n1. The molecule has 0 atom stereocenters. The van der Waals surface area contributed by atoms with E-state index in [-0.39, 0.29) is 16.6 Å². The zero-order valence-electron chi connectivity index (χ0n) is 16.9. The highest BCUT2D eigenvalue weighted by Crippen LogP contribution is 2.24. The number of thioether (sulfide) groups is 1. The minimum atomic E-state index is -3.76. The van der Waals surface area contributed by atoms with Crippen LogP contribution in [0.1, 0.15) is 11.5 Å². The van der Waals surface area contributed by atoms with Crippen LogP contribution in [0.4, 0.5) is 11.4 Å². The lowest BCUT2D eigenvalue weighted by Crippen LogP contribution is -2.26. The molecule has 2 aromatic carbocycles. The number of sulfonamides is 1. The molecule has 0 saturated carbocycles. The van der Waals surface area contributed by atoms with E-state index in [0.29, 0.717) is 17.2 Å². The maximum atomic E-state index is 12.9. The first-order valence-corrected chi connectivity index (χ1v) is 11.6. The minimum absolute atomic E-state index is 0.0985. The number of hydrogen-bond donors (Lipinski definition) is 1. The van der Waals surface area contributed by atoms with Gasteiger partial charge in [-0.3, -0.25) is 9.10 Å². The number of hydrogen-bond acceptors (Lipinski definition) is 6. The molecule has 0 fully saturated rings. The van der Waals surface area contributed by atoms with Gasteiger partial charge in [0.25, 0.3) is 10.0 Å². The van der Waals surface area contributed by atoms with Crippen LogP contribution in [-0.2, 0) is 14.8 Å². The molecule has 1 aromatic heterocycles. The first kappa shape index (κ1) is 21.8. The lowest BCUT2D eigenvalue weighted by Gasteiger charge is -2.19. The summed E-state index contributed by atoms with van der Waals surface area (Å²) < 4.78 is 27.1. The summed E-state index contributed by atoms with van der Waals surface area (Å²) in [6.07, 6.45) is 0. The Balaban J connectivity index is 1.69. The Morgan fingerprint density at radius 3 is 2.47 bits per heavy atom. The van der Waals surface area contributed by atoms with Crippen molar-refractivity contribution in [3.05, 3.63) is 72.2 Å². The third-order valence-corrected chi connectivity index (χ3v) is 6.88. The van der Waals surface area contributed by atoms with Gasteiger partial charge in [-0.2, -0.15) is 0 Å². The average molecular weight is 443 g/mol. The molecule has 0 radical (unpaired) electrons. The van der Waals surface area contributed by atoms with Gasteiger partial charge < -0.3 is 5.32 Å². The predicted molar refractivity (Wildman–Crippen MR) is 119 cm³/mol. The standard InChI is InChI=1S/C21H22N4O3S2/c1-15-12-21(23-16(2)22-15)29-14-20(26)24-17-8-7-11-19(13-17)30(27,28)25(3)18-9-5-4-6-10-18/h4-13H,14H2,1-3H3,(H,24,26). The summed E-state index contributed by atoms with van der Waals surface area (Å²) in [4.78, 5) is 20.9. The molecular weight excluding hydrogens is 420 g/mol. The molecule has 0 saturated heterocycles. The Morgan fingerprint density at radius 2 is 1.77 bits per heavy atom. The maximum absolute atomic E-state index is 12.9. The van der Waals surface area contributed by atoms with Gasteiger partial charge in [0.2, 0.25) is 5.91 Å². The molecule has 7 nitrogen and oxygen atoms in total. The highest BCUT2D eigenvalue weighted by Gasteiger charge is 2.21. The Kier molecular flexibility index (Phi) is 6.73. The number of anilines is 2. The molecule has 0 aliphatic rings. The molecular formula is C21H22N4O3S2. The van der Waals surface area contributed by atoms with Gasteiger partial charge in [-0.05, 0) is 50.2 Å². The number of carbonyl (C=O) groups is 1. The van der Waals surface area contributed by atoms with E-state index in [9.17, 15) is 13.2 Å². The van der Waals surface area contributed by atoms with Crippen LogP contribution in [0.25, 0.3) is 0 Å². The van der Waals surface area contributed by atoms with E-state index in [1.54, 1.807) is 43.3 Å². The van der Waals surface area contributed by atoms with Crippen LogP contribution in [0.5, 0.6) is 0 Å². The van der Waals surface area contributed by atoms with Crippen molar-refractivity contribution >= 4 is 39.1 Å². The predicted octanol–water partition coefficient (Wildman–Crippen LogP) is 3.65. The van der Waals surface area contributed by atoms with Gasteiger partial charge in [-0.25, -0.2) is 18.4 Å². The van der Waals surface area contributed by atoms with Crippen molar-refractivity contribution in [3.8, 4) is 0 Å². The van der Waals surface area contributed by atoms with Crippen LogP contribution in [0, 0.1) is 13.8 Å². The molecule has 0 unspecified atom stereocenters. The fourth-order valence-electron chi connectivity index (χ4n) is 2.76. The summed E-state index contributed by atoms with van der Waals surface area (Å²) in [7, 11) is -2.26. The minimum Gasteiger partial charge on any atom is -0.325 e. The molecule has 3 aromatic rings. The fourth-order valence-corrected chi connectivity index (χ4v) is 4.81. The Hall–Kier alpha value is -2.91. The number of nitrogens with zero attached hydrogens (tertiary/aromatic N) is 3. The topological polar surface area (TPSA) is 92.3 Å². The summed E-state index contributed by atoms with van der Waals surface area (Å²) in [5.74, 6) is 0.551. The number of rotatable bonds is 7. The number of aryl methyl sites for hydroxylation is 2. The lowest BCUT2D eigenvalue weighted by atomic mass is 10.3. The number of nitrogens with one attached hydrogen (secondary N) is 1. The molecule has 1 heterocycles. The Morgan fingerprint density at radius 1 is 1.03 bits per heavy atom. The van der Waals surface area contributed by atoms with E-state index in [1.807, 2.05) is 19.1 Å². The van der Waals surface area contributed by atoms with Crippen molar-refractivity contribution < 1.29 is 13.2 Å². The number of amides is 1. The van der Waals surface area contributed by atoms with Crippen LogP contribution < -0.4 is 9.62 Å². The summed E-state index contributed by atoms with van der Waals surface area (Å²) in [5, 5.41) is 3.46. The summed E-state index contributed by atoms with van der Waals surface area (Å²) >= 11 is 1.30. The number of para-hydroxylation sites is 1. The van der Waals surface area contributed by atoms with Crippen LogP contribution in [0.15, 0.2) is 70.6 Å². The van der Waals surface area contributed by atoms with Gasteiger partial charge in [0.1, 0.15) is 10.9 Å². The molecule has 1 N–H and O–H groups in total. The summed E-state index contributed by atoms with van der Waals surface area (Å²) in [6, 6.07) is 16.8. The van der Waals surface area contributed by atoms with Crippen molar-refractivity contribution in [1.82, 2.24) is 9.97 Å². The van der Waals surface area contributed by atoms with E-state index in [2.05, 4.69) is 15.3 Å². The molecule has 0 bridgehead atoms. The van der Waals surface area contributed by atoms with Crippen molar-refractivity contribution in [2.75, 3.05) is 22.4 Å². The largest absolute Gasteiger partial charge is 0.325 e. The Labute approximate surface area is 180 Å². The second-order valence-corrected chi connectivity index (χ2v) is 9.53. The normalized spacial score (nSPS) is 11.2. The average Bonchev–Trinajstić information content (AvgIpc) is 2.72. The molecule has 30 heavy (non-hydrogen) atoms. The second kappa shape index (κ2) is 9.27. The molecule has 1 amide bonds. The van der Waals surface area contributed by atoms with Gasteiger partial charge in [-0.15, -0.1) is 0 Å². The van der Waals surface area contributed by atoms with E-state index in [0.717, 1.165) is 10.7 Å². The van der Waals surface area contributed by atoms with Gasteiger partial charge in [0.15, 0.2) is 0 Å². The van der Waals surface area contributed by atoms with Gasteiger partial charge in [0, 0.05) is 18.4 Å². The second-order valence-electron chi connectivity index (χ2n) is 6.57. The molecule has 156 valence electrons. The first-order valence-electron chi connectivity index (χ1n) is 9.15. The maximum Gasteiger partial charge on any atom is 0.264 e. The zero-order valence-corrected chi connectivity index (χ0v) is 18.5. The van der Waals surface area contributed by atoms with Crippen LogP contribution >= 0.6 is 11.8 Å². The molecule has 3 rings (SSSR count). The van der Waals surface area contributed by atoms with Crippen molar-refractivity contribution in [2.24, 2.45) is 0 Å². The third-order valence-electron chi connectivity index (χ3n) is 4.19. The molecule has 0 spiro atoms. The van der Waals surface area contributed by atoms with Crippen molar-refractivity contribution in [2.45, 2.75) is 23.8 Å². The van der Waals surface area contributed by atoms with Gasteiger partial charge >= 0.3 is 0 Å². The summed E-state index contributed by atoms with van der Waals surface area (Å²) in [5.41, 5.74) is 1.81.